The first kappa shape index (κ1) is 19.9. The van der Waals surface area contributed by atoms with Crippen LogP contribution < -0.4 is 15.4 Å². The number of amides is 2. The number of benzene rings is 1. The first-order valence-corrected chi connectivity index (χ1v) is 9.63. The van der Waals surface area contributed by atoms with Crippen LogP contribution in [-0.2, 0) is 0 Å². The second kappa shape index (κ2) is 8.93. The number of aliphatic hydroxyl groups excluding tert-OH is 1. The van der Waals surface area contributed by atoms with E-state index in [1.807, 2.05) is 37.3 Å². The molecule has 7 nitrogen and oxygen atoms in total. The Morgan fingerprint density at radius 2 is 1.82 bits per heavy atom. The summed E-state index contributed by atoms with van der Waals surface area (Å²) in [5, 5.41) is 15.1. The summed E-state index contributed by atoms with van der Waals surface area (Å²) in [4.78, 5) is 27.8. The van der Waals surface area contributed by atoms with Crippen molar-refractivity contribution >= 4 is 11.8 Å². The standard InChI is InChI=1S/C21H27N3O4/c1-13(14-6-4-3-5-7-14)28-18-12-17(24-19(18)21(27)22-2)20(26)23-15-8-10-16(25)11-9-15/h3-7,12-13,15-16,24-25H,8-11H2,1-2H3,(H,22,27)(H,23,26)/t13?,15-,16-. The molecule has 1 aliphatic carbocycles. The SMILES string of the molecule is CNC(=O)c1[nH]c(C(=O)N[C@H]2CC[C@H](O)CC2)cc1OC(C)c1ccccc1. The van der Waals surface area contributed by atoms with Gasteiger partial charge in [-0.2, -0.15) is 0 Å². The molecule has 2 aromatic rings. The zero-order chi connectivity index (χ0) is 20.1. The number of hydrogen-bond donors (Lipinski definition) is 4. The number of ether oxygens (including phenoxy) is 1. The van der Waals surface area contributed by atoms with Gasteiger partial charge in [0.2, 0.25) is 0 Å². The van der Waals surface area contributed by atoms with E-state index in [4.69, 9.17) is 4.74 Å². The van der Waals surface area contributed by atoms with Gasteiger partial charge in [-0.25, -0.2) is 0 Å². The van der Waals surface area contributed by atoms with Crippen LogP contribution in [0.15, 0.2) is 36.4 Å². The summed E-state index contributed by atoms with van der Waals surface area (Å²) in [5.41, 5.74) is 1.47. The van der Waals surface area contributed by atoms with Gasteiger partial charge in [-0.05, 0) is 38.2 Å². The summed E-state index contributed by atoms with van der Waals surface area (Å²) in [7, 11) is 1.53. The summed E-state index contributed by atoms with van der Waals surface area (Å²) in [6.07, 6.45) is 2.29. The maximum Gasteiger partial charge on any atom is 0.271 e. The minimum absolute atomic E-state index is 0.0234. The number of rotatable bonds is 6. The van der Waals surface area contributed by atoms with Crippen molar-refractivity contribution in [3.05, 3.63) is 53.3 Å². The molecule has 0 spiro atoms. The van der Waals surface area contributed by atoms with Crippen LogP contribution in [0.5, 0.6) is 5.75 Å². The molecule has 1 aliphatic rings. The molecular formula is C21H27N3O4. The van der Waals surface area contributed by atoms with Crippen molar-refractivity contribution in [3.63, 3.8) is 0 Å². The third kappa shape index (κ3) is 4.72. The Balaban J connectivity index is 1.75. The molecule has 4 N–H and O–H groups in total. The fraction of sp³-hybridized carbons (Fsp3) is 0.429. The molecule has 1 aromatic carbocycles. The molecule has 0 aliphatic heterocycles. The third-order valence-electron chi connectivity index (χ3n) is 5.08. The van der Waals surface area contributed by atoms with E-state index in [1.165, 1.54) is 7.05 Å². The van der Waals surface area contributed by atoms with Gasteiger partial charge in [-0.1, -0.05) is 30.3 Å². The van der Waals surface area contributed by atoms with Crippen molar-refractivity contribution in [1.82, 2.24) is 15.6 Å². The smallest absolute Gasteiger partial charge is 0.271 e. The number of H-pyrrole nitrogens is 1. The van der Waals surface area contributed by atoms with Gasteiger partial charge in [0, 0.05) is 19.2 Å². The fourth-order valence-electron chi connectivity index (χ4n) is 3.41. The van der Waals surface area contributed by atoms with Crippen LogP contribution in [0.4, 0.5) is 0 Å². The van der Waals surface area contributed by atoms with Gasteiger partial charge in [0.1, 0.15) is 17.5 Å². The Hall–Kier alpha value is -2.80. The van der Waals surface area contributed by atoms with E-state index in [9.17, 15) is 14.7 Å². The Bertz CT molecular complexity index is 810. The Morgan fingerprint density at radius 3 is 2.46 bits per heavy atom. The van der Waals surface area contributed by atoms with Gasteiger partial charge in [0.15, 0.2) is 5.75 Å². The second-order valence-electron chi connectivity index (χ2n) is 7.15. The Morgan fingerprint density at radius 1 is 1.14 bits per heavy atom. The summed E-state index contributed by atoms with van der Waals surface area (Å²) in [6, 6.07) is 11.3. The van der Waals surface area contributed by atoms with Crippen LogP contribution in [-0.4, -0.2) is 41.1 Å². The van der Waals surface area contributed by atoms with Crippen LogP contribution in [0, 0.1) is 0 Å². The molecule has 7 heteroatoms. The molecule has 1 unspecified atom stereocenters. The molecular weight excluding hydrogens is 358 g/mol. The van der Waals surface area contributed by atoms with Crippen molar-refractivity contribution in [2.24, 2.45) is 0 Å². The van der Waals surface area contributed by atoms with Gasteiger partial charge < -0.3 is 25.5 Å². The molecule has 0 radical (unpaired) electrons. The molecule has 1 saturated carbocycles. The lowest BCUT2D eigenvalue weighted by molar-refractivity contribution is 0.0863. The minimum Gasteiger partial charge on any atom is -0.484 e. The highest BCUT2D eigenvalue weighted by atomic mass is 16.5. The van der Waals surface area contributed by atoms with Gasteiger partial charge in [0.05, 0.1) is 6.10 Å². The van der Waals surface area contributed by atoms with Crippen molar-refractivity contribution in [2.75, 3.05) is 7.05 Å². The van der Waals surface area contributed by atoms with Crippen LogP contribution in [0.25, 0.3) is 0 Å². The highest BCUT2D eigenvalue weighted by Gasteiger charge is 2.25. The zero-order valence-electron chi connectivity index (χ0n) is 16.2. The summed E-state index contributed by atoms with van der Waals surface area (Å²) in [6.45, 7) is 1.89. The maximum absolute atomic E-state index is 12.6. The molecule has 1 aromatic heterocycles. The van der Waals surface area contributed by atoms with Crippen LogP contribution >= 0.6 is 0 Å². The first-order chi connectivity index (χ1) is 13.5. The molecule has 1 atom stereocenters. The molecule has 0 saturated heterocycles. The molecule has 3 rings (SSSR count). The number of aliphatic hydroxyl groups is 1. The Labute approximate surface area is 164 Å². The highest BCUT2D eigenvalue weighted by molar-refractivity contribution is 5.99. The number of hydrogen-bond acceptors (Lipinski definition) is 4. The summed E-state index contributed by atoms with van der Waals surface area (Å²) >= 11 is 0. The average Bonchev–Trinajstić information content (AvgIpc) is 3.13. The second-order valence-corrected chi connectivity index (χ2v) is 7.15. The molecule has 1 fully saturated rings. The van der Waals surface area contributed by atoms with E-state index < -0.39 is 0 Å². The fourth-order valence-corrected chi connectivity index (χ4v) is 3.41. The topological polar surface area (TPSA) is 103 Å². The number of carbonyl (C=O) groups excluding carboxylic acids is 2. The van der Waals surface area contributed by atoms with E-state index in [1.54, 1.807) is 6.07 Å². The zero-order valence-corrected chi connectivity index (χ0v) is 16.2. The van der Waals surface area contributed by atoms with E-state index in [0.29, 0.717) is 18.6 Å². The Kier molecular flexibility index (Phi) is 6.36. The van der Waals surface area contributed by atoms with E-state index in [-0.39, 0.29) is 41.5 Å². The monoisotopic (exact) mass is 385 g/mol. The third-order valence-corrected chi connectivity index (χ3v) is 5.08. The van der Waals surface area contributed by atoms with Gasteiger partial charge in [0.25, 0.3) is 11.8 Å². The lowest BCUT2D eigenvalue weighted by Crippen LogP contribution is -2.38. The van der Waals surface area contributed by atoms with Crippen LogP contribution in [0.1, 0.15) is 65.3 Å². The first-order valence-electron chi connectivity index (χ1n) is 9.63. The lowest BCUT2D eigenvalue weighted by atomic mass is 9.93. The van der Waals surface area contributed by atoms with Crippen molar-refractivity contribution in [2.45, 2.75) is 50.9 Å². The van der Waals surface area contributed by atoms with Gasteiger partial charge >= 0.3 is 0 Å². The molecule has 1 heterocycles. The maximum atomic E-state index is 12.6. The van der Waals surface area contributed by atoms with Gasteiger partial charge in [-0.3, -0.25) is 9.59 Å². The van der Waals surface area contributed by atoms with E-state index in [0.717, 1.165) is 18.4 Å². The number of nitrogens with one attached hydrogen (secondary N) is 3. The number of aromatic amines is 1. The van der Waals surface area contributed by atoms with Crippen LogP contribution in [0.2, 0.25) is 0 Å². The van der Waals surface area contributed by atoms with E-state index in [2.05, 4.69) is 15.6 Å². The average molecular weight is 385 g/mol. The number of carbonyl (C=O) groups is 2. The predicted octanol–water partition coefficient (Wildman–Crippen LogP) is 2.55. The molecule has 0 bridgehead atoms. The molecule has 2 amide bonds. The predicted molar refractivity (Wildman–Crippen MR) is 105 cm³/mol. The highest BCUT2D eigenvalue weighted by Crippen LogP contribution is 2.27. The van der Waals surface area contributed by atoms with Crippen molar-refractivity contribution < 1.29 is 19.4 Å². The minimum atomic E-state index is -0.352. The van der Waals surface area contributed by atoms with Crippen LogP contribution in [0.3, 0.4) is 0 Å². The molecule has 28 heavy (non-hydrogen) atoms. The normalized spacial score (nSPS) is 20.2. The molecule has 150 valence electrons. The number of aromatic nitrogens is 1. The quantitative estimate of drug-likeness (QED) is 0.613. The summed E-state index contributed by atoms with van der Waals surface area (Å²) < 4.78 is 5.98. The van der Waals surface area contributed by atoms with Crippen molar-refractivity contribution in [1.29, 1.82) is 0 Å². The lowest BCUT2D eigenvalue weighted by Gasteiger charge is -2.25. The van der Waals surface area contributed by atoms with E-state index >= 15 is 0 Å². The van der Waals surface area contributed by atoms with Gasteiger partial charge in [-0.15, -0.1) is 0 Å². The summed E-state index contributed by atoms with van der Waals surface area (Å²) in [5.74, 6) is -0.302. The largest absolute Gasteiger partial charge is 0.484 e. The van der Waals surface area contributed by atoms with Crippen molar-refractivity contribution in [3.8, 4) is 5.75 Å².